The van der Waals surface area contributed by atoms with Crippen molar-refractivity contribution in [3.05, 3.63) is 59.7 Å². The molecule has 0 radical (unpaired) electrons. The van der Waals surface area contributed by atoms with Crippen LogP contribution in [0.3, 0.4) is 0 Å². The van der Waals surface area contributed by atoms with Crippen LogP contribution >= 0.6 is 11.6 Å². The number of carbonyl (C=O) groups is 1. The SMILES string of the molecule is CCCC/C(=N/C(C)Cl)N(CC=O)Cc1ccc(-c2ccccc2C#N)cc1. The summed E-state index contributed by atoms with van der Waals surface area (Å²) in [6.45, 7) is 4.83. The number of alkyl halides is 1. The molecule has 4 nitrogen and oxygen atoms in total. The van der Waals surface area contributed by atoms with Crippen LogP contribution in [0.5, 0.6) is 0 Å². The molecule has 2 aromatic rings. The van der Waals surface area contributed by atoms with Gasteiger partial charge in [-0.3, -0.25) is 4.99 Å². The predicted octanol–water partition coefficient (Wildman–Crippen LogP) is 5.40. The molecule has 0 heterocycles. The van der Waals surface area contributed by atoms with E-state index in [1.54, 1.807) is 0 Å². The molecule has 0 saturated carbocycles. The van der Waals surface area contributed by atoms with Crippen LogP contribution in [0.2, 0.25) is 0 Å². The van der Waals surface area contributed by atoms with Gasteiger partial charge in [-0.25, -0.2) is 0 Å². The number of nitriles is 1. The van der Waals surface area contributed by atoms with Gasteiger partial charge in [-0.05, 0) is 36.1 Å². The van der Waals surface area contributed by atoms with Crippen LogP contribution in [-0.4, -0.2) is 29.1 Å². The van der Waals surface area contributed by atoms with E-state index in [1.807, 2.05) is 60.4 Å². The van der Waals surface area contributed by atoms with Crippen LogP contribution in [0.1, 0.15) is 44.2 Å². The van der Waals surface area contributed by atoms with Gasteiger partial charge in [0.15, 0.2) is 0 Å². The van der Waals surface area contributed by atoms with Crippen LogP contribution in [0.4, 0.5) is 0 Å². The summed E-state index contributed by atoms with van der Waals surface area (Å²) < 4.78 is 0. The summed E-state index contributed by atoms with van der Waals surface area (Å²) in [5.41, 5.74) is 3.32. The third-order valence-electron chi connectivity index (χ3n) is 4.43. The van der Waals surface area contributed by atoms with Crippen molar-refractivity contribution in [2.75, 3.05) is 6.54 Å². The van der Waals surface area contributed by atoms with Crippen molar-refractivity contribution in [1.82, 2.24) is 4.90 Å². The molecular weight excluding hydrogens is 370 g/mol. The molecule has 2 rings (SSSR count). The molecule has 0 fully saturated rings. The minimum absolute atomic E-state index is 0.283. The Hall–Kier alpha value is -2.64. The van der Waals surface area contributed by atoms with Gasteiger partial charge < -0.3 is 9.69 Å². The zero-order valence-corrected chi connectivity index (χ0v) is 17.2. The molecule has 146 valence electrons. The van der Waals surface area contributed by atoms with Gasteiger partial charge in [-0.2, -0.15) is 5.26 Å². The molecule has 1 atom stereocenters. The quantitative estimate of drug-likeness (QED) is 0.188. The van der Waals surface area contributed by atoms with Crippen LogP contribution < -0.4 is 0 Å². The maximum absolute atomic E-state index is 11.2. The van der Waals surface area contributed by atoms with Crippen LogP contribution in [0.15, 0.2) is 53.5 Å². The molecule has 0 spiro atoms. The topological polar surface area (TPSA) is 56.5 Å². The van der Waals surface area contributed by atoms with Gasteiger partial charge in [0.05, 0.1) is 18.2 Å². The van der Waals surface area contributed by atoms with Gasteiger partial charge in [0, 0.05) is 13.0 Å². The number of nitrogens with zero attached hydrogens (tertiary/aromatic N) is 3. The molecule has 1 unspecified atom stereocenters. The molecule has 0 aliphatic carbocycles. The Morgan fingerprint density at radius 1 is 1.25 bits per heavy atom. The number of hydrogen-bond donors (Lipinski definition) is 0. The maximum atomic E-state index is 11.2. The zero-order valence-electron chi connectivity index (χ0n) is 16.4. The predicted molar refractivity (Wildman–Crippen MR) is 115 cm³/mol. The lowest BCUT2D eigenvalue weighted by Crippen LogP contribution is -2.33. The van der Waals surface area contributed by atoms with Crippen molar-refractivity contribution < 1.29 is 4.79 Å². The van der Waals surface area contributed by atoms with Crippen molar-refractivity contribution in [2.45, 2.75) is 45.2 Å². The third kappa shape index (κ3) is 6.21. The lowest BCUT2D eigenvalue weighted by molar-refractivity contribution is -0.108. The average molecular weight is 396 g/mol. The molecule has 2 aromatic carbocycles. The number of hydrogen-bond acceptors (Lipinski definition) is 3. The first-order valence-corrected chi connectivity index (χ1v) is 10.0. The normalized spacial score (nSPS) is 12.3. The van der Waals surface area contributed by atoms with Crippen molar-refractivity contribution in [2.24, 2.45) is 4.99 Å². The highest BCUT2D eigenvalue weighted by molar-refractivity contribution is 6.20. The number of benzene rings is 2. The van der Waals surface area contributed by atoms with E-state index in [-0.39, 0.29) is 12.0 Å². The van der Waals surface area contributed by atoms with E-state index in [0.29, 0.717) is 12.1 Å². The standard InChI is InChI=1S/C23H26ClN3O/c1-3-4-9-23(26-18(2)24)27(14-15-28)17-19-10-12-20(13-11-19)22-8-6-5-7-21(22)16-25/h5-8,10-13,15,18H,3-4,9,14,17H2,1-2H3/b26-23-. The van der Waals surface area contributed by atoms with Gasteiger partial charge >= 0.3 is 0 Å². The zero-order chi connectivity index (χ0) is 20.4. The number of halogens is 1. The van der Waals surface area contributed by atoms with E-state index in [0.717, 1.165) is 48.1 Å². The van der Waals surface area contributed by atoms with Crippen LogP contribution in [0, 0.1) is 11.3 Å². The second-order valence-electron chi connectivity index (χ2n) is 6.62. The van der Waals surface area contributed by atoms with E-state index in [4.69, 9.17) is 11.6 Å². The molecule has 5 heteroatoms. The van der Waals surface area contributed by atoms with Crippen LogP contribution in [-0.2, 0) is 11.3 Å². The Labute approximate surface area is 172 Å². The lowest BCUT2D eigenvalue weighted by atomic mass is 9.99. The molecule has 0 aromatic heterocycles. The van der Waals surface area contributed by atoms with E-state index in [2.05, 4.69) is 18.0 Å². The molecule has 28 heavy (non-hydrogen) atoms. The molecule has 0 N–H and O–H groups in total. The van der Waals surface area contributed by atoms with Gasteiger partial charge in [0.2, 0.25) is 0 Å². The Bertz CT molecular complexity index is 838. The summed E-state index contributed by atoms with van der Waals surface area (Å²) in [4.78, 5) is 17.7. The first kappa shape index (κ1) is 21.7. The van der Waals surface area contributed by atoms with E-state index < -0.39 is 0 Å². The summed E-state index contributed by atoms with van der Waals surface area (Å²) in [7, 11) is 0. The molecule has 0 amide bonds. The summed E-state index contributed by atoms with van der Waals surface area (Å²) in [5, 5.41) is 9.30. The summed E-state index contributed by atoms with van der Waals surface area (Å²) in [5.74, 6) is 0.871. The second kappa shape index (κ2) is 11.3. The van der Waals surface area contributed by atoms with Crippen molar-refractivity contribution in [3.8, 4) is 17.2 Å². The minimum Gasteiger partial charge on any atom is -0.349 e. The first-order valence-electron chi connectivity index (χ1n) is 9.56. The highest BCUT2D eigenvalue weighted by Gasteiger charge is 2.13. The first-order chi connectivity index (χ1) is 13.6. The highest BCUT2D eigenvalue weighted by Crippen LogP contribution is 2.24. The Morgan fingerprint density at radius 3 is 2.57 bits per heavy atom. The van der Waals surface area contributed by atoms with Gasteiger partial charge in [0.1, 0.15) is 17.6 Å². The van der Waals surface area contributed by atoms with Gasteiger partial charge in [0.25, 0.3) is 0 Å². The Kier molecular flexibility index (Phi) is 8.71. The van der Waals surface area contributed by atoms with Gasteiger partial charge in [-0.15, -0.1) is 0 Å². The molecule has 0 aliphatic heterocycles. The fraction of sp³-hybridized carbons (Fsp3) is 0.348. The number of carbonyl (C=O) groups excluding carboxylic acids is 1. The van der Waals surface area contributed by atoms with Crippen LogP contribution in [0.25, 0.3) is 11.1 Å². The summed E-state index contributed by atoms with van der Waals surface area (Å²) >= 11 is 6.09. The lowest BCUT2D eigenvalue weighted by Gasteiger charge is -2.25. The van der Waals surface area contributed by atoms with Crippen molar-refractivity contribution in [3.63, 3.8) is 0 Å². The largest absolute Gasteiger partial charge is 0.349 e. The summed E-state index contributed by atoms with van der Waals surface area (Å²) in [6, 6.07) is 17.9. The summed E-state index contributed by atoms with van der Waals surface area (Å²) in [6.07, 6.45) is 3.76. The average Bonchev–Trinajstić information content (AvgIpc) is 2.71. The number of aliphatic imine (C=N–C) groups is 1. The van der Waals surface area contributed by atoms with E-state index in [9.17, 15) is 10.1 Å². The molecule has 0 bridgehead atoms. The highest BCUT2D eigenvalue weighted by atomic mass is 35.5. The maximum Gasteiger partial charge on any atom is 0.139 e. The van der Waals surface area contributed by atoms with E-state index >= 15 is 0 Å². The monoisotopic (exact) mass is 395 g/mol. The Morgan fingerprint density at radius 2 is 1.96 bits per heavy atom. The second-order valence-corrected chi connectivity index (χ2v) is 7.26. The molecular formula is C23H26ClN3O. The number of rotatable bonds is 9. The number of amidine groups is 1. The van der Waals surface area contributed by atoms with Gasteiger partial charge in [-0.1, -0.05) is 67.4 Å². The Balaban J connectivity index is 2.23. The van der Waals surface area contributed by atoms with Crippen molar-refractivity contribution >= 4 is 23.7 Å². The smallest absolute Gasteiger partial charge is 0.139 e. The fourth-order valence-electron chi connectivity index (χ4n) is 3.04. The minimum atomic E-state index is -0.328. The van der Waals surface area contributed by atoms with Crippen molar-refractivity contribution in [1.29, 1.82) is 5.26 Å². The molecule has 0 saturated heterocycles. The number of unbranched alkanes of at least 4 members (excludes halogenated alkanes) is 1. The third-order valence-corrected chi connectivity index (χ3v) is 4.52. The molecule has 0 aliphatic rings. The van der Waals surface area contributed by atoms with E-state index in [1.165, 1.54) is 0 Å². The fourth-order valence-corrected chi connectivity index (χ4v) is 3.15. The number of aldehydes is 1.